The number of hydrogen-bond donors (Lipinski definition) is 3. The number of sulfonamides is 1. The van der Waals surface area contributed by atoms with E-state index in [9.17, 15) is 8.42 Å². The third kappa shape index (κ3) is 7.27. The van der Waals surface area contributed by atoms with E-state index in [-0.39, 0.29) is 48.8 Å². The van der Waals surface area contributed by atoms with Gasteiger partial charge in [0.25, 0.3) is 0 Å². The number of aromatic nitrogens is 1. The highest BCUT2D eigenvalue weighted by Gasteiger charge is 2.12. The van der Waals surface area contributed by atoms with Crippen molar-refractivity contribution < 1.29 is 12.9 Å². The second-order valence-electron chi connectivity index (χ2n) is 4.91. The lowest BCUT2D eigenvalue weighted by Gasteiger charge is -2.07. The minimum atomic E-state index is -3.47. The van der Waals surface area contributed by atoms with Crippen molar-refractivity contribution in [3.05, 3.63) is 47.9 Å². The molecular weight excluding hydrogens is 445 g/mol. The Morgan fingerprint density at radius 3 is 2.83 bits per heavy atom. The van der Waals surface area contributed by atoms with E-state index in [1.165, 1.54) is 12.3 Å². The zero-order chi connectivity index (χ0) is 16.7. The first-order chi connectivity index (χ1) is 10.9. The summed E-state index contributed by atoms with van der Waals surface area (Å²) in [5.74, 6) is -0.00385. The van der Waals surface area contributed by atoms with Gasteiger partial charge in [-0.15, -0.1) is 24.0 Å². The first kappa shape index (κ1) is 20.4. The molecule has 4 N–H and O–H groups in total. The van der Waals surface area contributed by atoms with Crippen LogP contribution in [0, 0.1) is 6.92 Å². The monoisotopic (exact) mass is 465 g/mol. The number of rotatable bonds is 7. The van der Waals surface area contributed by atoms with E-state index in [2.05, 4.69) is 24.7 Å². The van der Waals surface area contributed by atoms with Crippen LogP contribution in [-0.4, -0.2) is 32.6 Å². The van der Waals surface area contributed by atoms with Crippen LogP contribution in [0.4, 0.5) is 5.69 Å². The number of aryl methyl sites for hydroxylation is 1. The Labute approximate surface area is 158 Å². The third-order valence-corrected chi connectivity index (χ3v) is 4.16. The van der Waals surface area contributed by atoms with Crippen LogP contribution in [0.3, 0.4) is 0 Å². The van der Waals surface area contributed by atoms with E-state index in [0.717, 1.165) is 11.3 Å². The maximum atomic E-state index is 11.8. The number of halogens is 1. The van der Waals surface area contributed by atoms with Gasteiger partial charge in [0.15, 0.2) is 5.96 Å². The van der Waals surface area contributed by atoms with E-state index in [1.54, 1.807) is 0 Å². The molecule has 0 bridgehead atoms. The normalized spacial score (nSPS) is 11.8. The maximum absolute atomic E-state index is 11.8. The smallest absolute Gasteiger partial charge is 0.217 e. The molecule has 0 saturated heterocycles. The fourth-order valence-corrected chi connectivity index (χ4v) is 2.89. The van der Waals surface area contributed by atoms with Crippen LogP contribution in [0.1, 0.15) is 11.3 Å². The Bertz CT molecular complexity index is 762. The third-order valence-electron chi connectivity index (χ3n) is 2.84. The topological polar surface area (TPSA) is 123 Å². The lowest BCUT2D eigenvalue weighted by atomic mass is 10.2. The van der Waals surface area contributed by atoms with Crippen molar-refractivity contribution in [2.24, 2.45) is 10.7 Å². The van der Waals surface area contributed by atoms with Crippen molar-refractivity contribution in [2.45, 2.75) is 12.7 Å². The van der Waals surface area contributed by atoms with Crippen LogP contribution in [0.5, 0.6) is 0 Å². The van der Waals surface area contributed by atoms with Gasteiger partial charge >= 0.3 is 0 Å². The molecule has 0 aliphatic rings. The molecule has 2 aromatic rings. The number of anilines is 1. The van der Waals surface area contributed by atoms with Crippen LogP contribution in [-0.2, 0) is 15.8 Å². The van der Waals surface area contributed by atoms with Gasteiger partial charge in [0.2, 0.25) is 10.0 Å². The summed E-state index contributed by atoms with van der Waals surface area (Å²) in [5.41, 5.74) is 8.04. The van der Waals surface area contributed by atoms with Gasteiger partial charge in [-0.3, -0.25) is 4.99 Å². The molecule has 132 valence electrons. The number of hydrogen-bond acceptors (Lipinski definition) is 5. The van der Waals surface area contributed by atoms with E-state index >= 15 is 0 Å². The number of nitrogens with two attached hydrogens (primary N) is 1. The van der Waals surface area contributed by atoms with Crippen molar-refractivity contribution in [1.29, 1.82) is 0 Å². The summed E-state index contributed by atoms with van der Waals surface area (Å²) >= 11 is 0. The molecule has 0 aliphatic heterocycles. The van der Waals surface area contributed by atoms with Crippen LogP contribution in [0.15, 0.2) is 46.1 Å². The van der Waals surface area contributed by atoms with E-state index in [0.29, 0.717) is 5.69 Å². The van der Waals surface area contributed by atoms with Gasteiger partial charge in [-0.2, -0.15) is 0 Å². The lowest BCUT2D eigenvalue weighted by Crippen LogP contribution is -2.29. The van der Waals surface area contributed by atoms with E-state index < -0.39 is 10.0 Å². The second kappa shape index (κ2) is 9.59. The molecule has 0 spiro atoms. The Morgan fingerprint density at radius 2 is 2.17 bits per heavy atom. The largest absolute Gasteiger partial charge is 0.370 e. The fraction of sp³-hybridized carbons (Fsp3) is 0.286. The number of nitrogens with zero attached hydrogens (tertiary/aromatic N) is 2. The van der Waals surface area contributed by atoms with Gasteiger partial charge in [0, 0.05) is 18.3 Å². The van der Waals surface area contributed by atoms with Crippen LogP contribution in [0.2, 0.25) is 0 Å². The van der Waals surface area contributed by atoms with Crippen molar-refractivity contribution in [1.82, 2.24) is 9.88 Å². The SMILES string of the molecule is Cc1cccc(NC(N)=NCCNS(=O)(=O)Cc2ccon2)c1.I. The first-order valence-electron chi connectivity index (χ1n) is 6.95. The van der Waals surface area contributed by atoms with E-state index in [1.807, 2.05) is 31.2 Å². The van der Waals surface area contributed by atoms with Crippen molar-refractivity contribution >= 4 is 45.6 Å². The van der Waals surface area contributed by atoms with Crippen LogP contribution < -0.4 is 15.8 Å². The molecule has 10 heteroatoms. The number of guanidine groups is 1. The maximum Gasteiger partial charge on any atom is 0.217 e. The summed E-state index contributed by atoms with van der Waals surface area (Å²) in [6.07, 6.45) is 1.33. The zero-order valence-electron chi connectivity index (χ0n) is 13.1. The van der Waals surface area contributed by atoms with Gasteiger partial charge < -0.3 is 15.6 Å². The molecule has 0 saturated carbocycles. The van der Waals surface area contributed by atoms with Gasteiger partial charge in [-0.1, -0.05) is 17.3 Å². The number of aliphatic imine (C=N–C) groups is 1. The summed E-state index contributed by atoms with van der Waals surface area (Å²) in [6.45, 7) is 2.35. The molecule has 1 aromatic carbocycles. The molecule has 24 heavy (non-hydrogen) atoms. The average molecular weight is 465 g/mol. The molecule has 0 radical (unpaired) electrons. The highest BCUT2D eigenvalue weighted by molar-refractivity contribution is 14.0. The molecule has 0 atom stereocenters. The minimum Gasteiger partial charge on any atom is -0.370 e. The molecular formula is C14H20IN5O3S. The molecule has 0 aliphatic carbocycles. The summed E-state index contributed by atoms with van der Waals surface area (Å²) in [7, 11) is -3.47. The molecule has 8 nitrogen and oxygen atoms in total. The van der Waals surface area contributed by atoms with Crippen molar-refractivity contribution in [2.75, 3.05) is 18.4 Å². The van der Waals surface area contributed by atoms with Gasteiger partial charge in [0.05, 0.1) is 12.2 Å². The predicted octanol–water partition coefficient (Wildman–Crippen LogP) is 1.45. The molecule has 1 aromatic heterocycles. The molecule has 0 fully saturated rings. The molecule has 0 unspecified atom stereocenters. The second-order valence-corrected chi connectivity index (χ2v) is 6.71. The first-order valence-corrected chi connectivity index (χ1v) is 8.60. The van der Waals surface area contributed by atoms with Crippen molar-refractivity contribution in [3.8, 4) is 0 Å². The predicted molar refractivity (Wildman–Crippen MR) is 104 cm³/mol. The fourth-order valence-electron chi connectivity index (χ4n) is 1.85. The summed E-state index contributed by atoms with van der Waals surface area (Å²) < 4.78 is 30.6. The number of benzene rings is 1. The van der Waals surface area contributed by atoms with Crippen LogP contribution >= 0.6 is 24.0 Å². The Balaban J connectivity index is 0.00000288. The van der Waals surface area contributed by atoms with Crippen molar-refractivity contribution in [3.63, 3.8) is 0 Å². The van der Waals surface area contributed by atoms with Gasteiger partial charge in [-0.05, 0) is 24.6 Å². The van der Waals surface area contributed by atoms with Gasteiger partial charge in [-0.25, -0.2) is 13.1 Å². The number of nitrogens with one attached hydrogen (secondary N) is 2. The summed E-state index contributed by atoms with van der Waals surface area (Å²) in [4.78, 5) is 4.07. The molecule has 1 heterocycles. The standard InChI is InChI=1S/C14H19N5O3S.HI/c1-11-3-2-4-12(9-11)18-14(15)16-6-7-17-23(20,21)10-13-5-8-22-19-13;/h2-5,8-9,17H,6-7,10H2,1H3,(H3,15,16,18);1H. The molecule has 0 amide bonds. The average Bonchev–Trinajstić information content (AvgIpc) is 2.96. The summed E-state index contributed by atoms with van der Waals surface area (Å²) in [5, 5.41) is 6.50. The minimum absolute atomic E-state index is 0. The van der Waals surface area contributed by atoms with Crippen LogP contribution in [0.25, 0.3) is 0 Å². The zero-order valence-corrected chi connectivity index (χ0v) is 16.2. The van der Waals surface area contributed by atoms with Gasteiger partial charge in [0.1, 0.15) is 12.0 Å². The Hall–Kier alpha value is -1.66. The van der Waals surface area contributed by atoms with E-state index in [4.69, 9.17) is 5.73 Å². The summed E-state index contributed by atoms with van der Waals surface area (Å²) in [6, 6.07) is 9.19. The quantitative estimate of drug-likeness (QED) is 0.246. The Morgan fingerprint density at radius 1 is 1.38 bits per heavy atom. The Kier molecular flexibility index (Phi) is 8.15. The highest BCUT2D eigenvalue weighted by Crippen LogP contribution is 2.08. The molecule has 2 rings (SSSR count). The highest BCUT2D eigenvalue weighted by atomic mass is 127. The lowest BCUT2D eigenvalue weighted by molar-refractivity contribution is 0.413.